The molecule has 0 atom stereocenters. The maximum absolute atomic E-state index is 5.03. The van der Waals surface area contributed by atoms with Gasteiger partial charge in [-0.25, -0.2) is 0 Å². The fourth-order valence-electron chi connectivity index (χ4n) is 0.448. The van der Waals surface area contributed by atoms with Crippen molar-refractivity contribution in [1.82, 2.24) is 0 Å². The predicted molar refractivity (Wildman–Crippen MR) is 43.2 cm³/mol. The highest BCUT2D eigenvalue weighted by Gasteiger charge is 1.84. The molecule has 0 unspecified atom stereocenters. The molecule has 0 amide bonds. The first-order chi connectivity index (χ1) is 5.41. The van der Waals surface area contributed by atoms with Crippen molar-refractivity contribution in [3.05, 3.63) is 12.2 Å². The van der Waals surface area contributed by atoms with Gasteiger partial charge in [0.2, 0.25) is 0 Å². The molecule has 0 aliphatic heterocycles. The van der Waals surface area contributed by atoms with Gasteiger partial charge < -0.3 is 14.2 Å². The van der Waals surface area contributed by atoms with Crippen LogP contribution in [-0.4, -0.2) is 26.8 Å². The zero-order chi connectivity index (χ0) is 8.36. The van der Waals surface area contributed by atoms with E-state index in [1.165, 1.54) is 0 Å². The molecule has 0 rings (SSSR count). The van der Waals surface area contributed by atoms with Crippen LogP contribution in [0.4, 0.5) is 0 Å². The van der Waals surface area contributed by atoms with Gasteiger partial charge in [0, 0.05) is 6.61 Å². The lowest BCUT2D eigenvalue weighted by atomic mass is 10.6. The average molecular weight is 160 g/mol. The Morgan fingerprint density at radius 2 is 1.82 bits per heavy atom. The third kappa shape index (κ3) is 9.62. The van der Waals surface area contributed by atoms with Crippen LogP contribution in [0.2, 0.25) is 0 Å². The summed E-state index contributed by atoms with van der Waals surface area (Å²) in [6.45, 7) is 5.75. The zero-order valence-corrected chi connectivity index (χ0v) is 7.21. The van der Waals surface area contributed by atoms with Crippen LogP contribution in [0.25, 0.3) is 0 Å². The van der Waals surface area contributed by atoms with Gasteiger partial charge in [-0.05, 0) is 13.8 Å². The highest BCUT2D eigenvalue weighted by molar-refractivity contribution is 4.75. The van der Waals surface area contributed by atoms with Crippen LogP contribution in [0.3, 0.4) is 0 Å². The minimum Gasteiger partial charge on any atom is -0.356 e. The van der Waals surface area contributed by atoms with Crippen molar-refractivity contribution in [2.75, 3.05) is 26.8 Å². The van der Waals surface area contributed by atoms with Crippen LogP contribution in [0.15, 0.2) is 12.2 Å². The molecular weight excluding hydrogens is 144 g/mol. The van der Waals surface area contributed by atoms with Gasteiger partial charge in [0.1, 0.15) is 13.6 Å². The lowest BCUT2D eigenvalue weighted by Gasteiger charge is -2.02. The van der Waals surface area contributed by atoms with Crippen LogP contribution >= 0.6 is 0 Å². The van der Waals surface area contributed by atoms with Crippen LogP contribution < -0.4 is 0 Å². The fraction of sp³-hybridized carbons (Fsp3) is 0.750. The van der Waals surface area contributed by atoms with Crippen molar-refractivity contribution in [3.8, 4) is 0 Å². The Labute approximate surface area is 67.9 Å². The normalized spacial score (nSPS) is 11.1. The molecule has 0 saturated heterocycles. The van der Waals surface area contributed by atoms with Crippen LogP contribution in [-0.2, 0) is 14.2 Å². The quantitative estimate of drug-likeness (QED) is 0.321. The molecule has 0 aromatic rings. The van der Waals surface area contributed by atoms with E-state index >= 15 is 0 Å². The summed E-state index contributed by atoms with van der Waals surface area (Å²) in [6, 6.07) is 0. The first-order valence-corrected chi connectivity index (χ1v) is 3.76. The Kier molecular flexibility index (Phi) is 9.29. The molecular formula is C8H16O3. The van der Waals surface area contributed by atoms with E-state index in [0.29, 0.717) is 26.8 Å². The van der Waals surface area contributed by atoms with Crippen molar-refractivity contribution >= 4 is 0 Å². The topological polar surface area (TPSA) is 27.7 Å². The van der Waals surface area contributed by atoms with Gasteiger partial charge in [0.25, 0.3) is 0 Å². The SMILES string of the molecule is CC=CCOCOCOCC. The van der Waals surface area contributed by atoms with E-state index in [2.05, 4.69) is 0 Å². The van der Waals surface area contributed by atoms with Gasteiger partial charge in [-0.15, -0.1) is 0 Å². The monoisotopic (exact) mass is 160 g/mol. The molecule has 66 valence electrons. The smallest absolute Gasteiger partial charge is 0.150 e. The molecule has 0 bridgehead atoms. The first kappa shape index (κ1) is 10.6. The standard InChI is InChI=1S/C8H16O3/c1-3-5-6-10-8-11-7-9-4-2/h3,5H,4,6-8H2,1-2H3. The van der Waals surface area contributed by atoms with Crippen molar-refractivity contribution in [2.45, 2.75) is 13.8 Å². The Morgan fingerprint density at radius 1 is 1.09 bits per heavy atom. The van der Waals surface area contributed by atoms with Gasteiger partial charge in [0.05, 0.1) is 6.61 Å². The van der Waals surface area contributed by atoms with Crippen LogP contribution in [0.5, 0.6) is 0 Å². The van der Waals surface area contributed by atoms with E-state index < -0.39 is 0 Å². The highest BCUT2D eigenvalue weighted by Crippen LogP contribution is 1.81. The summed E-state index contributed by atoms with van der Waals surface area (Å²) in [5.74, 6) is 0. The molecule has 0 aromatic heterocycles. The third-order valence-electron chi connectivity index (χ3n) is 0.987. The predicted octanol–water partition coefficient (Wildman–Crippen LogP) is 1.55. The van der Waals surface area contributed by atoms with Gasteiger partial charge >= 0.3 is 0 Å². The summed E-state index contributed by atoms with van der Waals surface area (Å²) < 4.78 is 14.9. The Bertz CT molecular complexity index is 91.3. The fourth-order valence-corrected chi connectivity index (χ4v) is 0.448. The maximum Gasteiger partial charge on any atom is 0.150 e. The second-order valence-corrected chi connectivity index (χ2v) is 1.87. The Balaban J connectivity index is 2.79. The van der Waals surface area contributed by atoms with E-state index in [1.807, 2.05) is 26.0 Å². The molecule has 0 aliphatic rings. The number of ether oxygens (including phenoxy) is 3. The Hall–Kier alpha value is -0.380. The lowest BCUT2D eigenvalue weighted by Crippen LogP contribution is -2.04. The van der Waals surface area contributed by atoms with E-state index in [1.54, 1.807) is 0 Å². The maximum atomic E-state index is 5.03. The molecule has 0 heterocycles. The first-order valence-electron chi connectivity index (χ1n) is 3.76. The summed E-state index contributed by atoms with van der Waals surface area (Å²) in [7, 11) is 0. The molecule has 3 heteroatoms. The van der Waals surface area contributed by atoms with Crippen LogP contribution in [0.1, 0.15) is 13.8 Å². The molecule has 0 saturated carbocycles. The van der Waals surface area contributed by atoms with Gasteiger partial charge in [0.15, 0.2) is 0 Å². The Morgan fingerprint density at radius 3 is 2.45 bits per heavy atom. The lowest BCUT2D eigenvalue weighted by molar-refractivity contribution is -0.124. The van der Waals surface area contributed by atoms with Gasteiger partial charge in [-0.2, -0.15) is 0 Å². The number of hydrogen-bond acceptors (Lipinski definition) is 3. The minimum atomic E-state index is 0.296. The average Bonchev–Trinajstić information content (AvgIpc) is 2.03. The van der Waals surface area contributed by atoms with Gasteiger partial charge in [-0.1, -0.05) is 12.2 Å². The summed E-state index contributed by atoms with van der Waals surface area (Å²) in [4.78, 5) is 0. The molecule has 11 heavy (non-hydrogen) atoms. The summed E-state index contributed by atoms with van der Waals surface area (Å²) >= 11 is 0. The molecule has 0 aliphatic carbocycles. The molecule has 3 nitrogen and oxygen atoms in total. The zero-order valence-electron chi connectivity index (χ0n) is 7.21. The number of rotatable bonds is 7. The molecule has 0 radical (unpaired) electrons. The number of allylic oxidation sites excluding steroid dienone is 1. The number of hydrogen-bond donors (Lipinski definition) is 0. The van der Waals surface area contributed by atoms with Crippen molar-refractivity contribution in [1.29, 1.82) is 0 Å². The summed E-state index contributed by atoms with van der Waals surface area (Å²) in [5.41, 5.74) is 0. The van der Waals surface area contributed by atoms with E-state index in [9.17, 15) is 0 Å². The molecule has 0 spiro atoms. The molecule has 0 aromatic carbocycles. The van der Waals surface area contributed by atoms with E-state index in [-0.39, 0.29) is 0 Å². The van der Waals surface area contributed by atoms with Crippen molar-refractivity contribution in [2.24, 2.45) is 0 Å². The largest absolute Gasteiger partial charge is 0.356 e. The minimum absolute atomic E-state index is 0.296. The third-order valence-corrected chi connectivity index (χ3v) is 0.987. The second kappa shape index (κ2) is 9.62. The summed E-state index contributed by atoms with van der Waals surface area (Å²) in [6.07, 6.45) is 3.85. The second-order valence-electron chi connectivity index (χ2n) is 1.87. The molecule has 0 fully saturated rings. The van der Waals surface area contributed by atoms with Crippen molar-refractivity contribution in [3.63, 3.8) is 0 Å². The highest BCUT2D eigenvalue weighted by atomic mass is 16.7. The molecule has 0 N–H and O–H groups in total. The van der Waals surface area contributed by atoms with E-state index in [0.717, 1.165) is 0 Å². The van der Waals surface area contributed by atoms with E-state index in [4.69, 9.17) is 14.2 Å². The van der Waals surface area contributed by atoms with Gasteiger partial charge in [-0.3, -0.25) is 0 Å². The van der Waals surface area contributed by atoms with Crippen molar-refractivity contribution < 1.29 is 14.2 Å². The van der Waals surface area contributed by atoms with Crippen LogP contribution in [0, 0.1) is 0 Å². The summed E-state index contributed by atoms with van der Waals surface area (Å²) in [5, 5.41) is 0.